The Labute approximate surface area is 168 Å². The van der Waals surface area contributed by atoms with Gasteiger partial charge in [0.25, 0.3) is 5.91 Å². The highest BCUT2D eigenvalue weighted by atomic mass is 32.1. The maximum Gasteiger partial charge on any atom is 0.435 e. The Morgan fingerprint density at radius 1 is 0.966 bits per heavy atom. The van der Waals surface area contributed by atoms with Gasteiger partial charge in [0.05, 0.1) is 0 Å². The lowest BCUT2D eigenvalue weighted by Gasteiger charge is -2.08. The van der Waals surface area contributed by atoms with Crippen LogP contribution in [0.25, 0.3) is 10.6 Å². The van der Waals surface area contributed by atoms with Crippen molar-refractivity contribution < 1.29 is 22.8 Å². The third kappa shape index (κ3) is 5.41. The van der Waals surface area contributed by atoms with Gasteiger partial charge in [-0.25, -0.2) is 4.98 Å². The summed E-state index contributed by atoms with van der Waals surface area (Å²) in [6.07, 6.45) is -4.84. The van der Waals surface area contributed by atoms with E-state index in [1.807, 2.05) is 0 Å². The number of aromatic nitrogens is 1. The van der Waals surface area contributed by atoms with Gasteiger partial charge in [0.1, 0.15) is 9.88 Å². The molecule has 2 N–H and O–H groups in total. The average Bonchev–Trinajstić information content (AvgIpc) is 3.15. The molecule has 3 aromatic rings. The van der Waals surface area contributed by atoms with Crippen LogP contribution in [-0.2, 0) is 11.0 Å². The second-order valence-corrected chi connectivity index (χ2v) is 6.98. The topological polar surface area (TPSA) is 71.1 Å². The van der Waals surface area contributed by atoms with E-state index in [0.717, 1.165) is 0 Å². The Balaban J connectivity index is 1.67. The fraction of sp³-hybridized carbons (Fsp3) is 0.150. The number of para-hydroxylation sites is 1. The first-order valence-corrected chi connectivity index (χ1v) is 9.43. The summed E-state index contributed by atoms with van der Waals surface area (Å²) in [4.78, 5) is 27.3. The van der Waals surface area contributed by atoms with E-state index in [4.69, 9.17) is 0 Å². The molecule has 1 aromatic heterocycles. The average molecular weight is 419 g/mol. The zero-order valence-electron chi connectivity index (χ0n) is 15.0. The number of nitrogens with zero attached hydrogens (tertiary/aromatic N) is 1. The Morgan fingerprint density at radius 3 is 2.21 bits per heavy atom. The molecule has 0 radical (unpaired) electrons. The van der Waals surface area contributed by atoms with E-state index >= 15 is 0 Å². The van der Waals surface area contributed by atoms with Crippen molar-refractivity contribution in [3.8, 4) is 10.6 Å². The molecule has 0 aliphatic carbocycles. The van der Waals surface area contributed by atoms with E-state index in [9.17, 15) is 22.8 Å². The molecular formula is C20H16F3N3O2S. The number of hydrogen-bond acceptors (Lipinski definition) is 4. The molecule has 0 fully saturated rings. The van der Waals surface area contributed by atoms with Crippen LogP contribution in [0, 0.1) is 0 Å². The van der Waals surface area contributed by atoms with Gasteiger partial charge in [0.15, 0.2) is 5.69 Å². The van der Waals surface area contributed by atoms with Crippen LogP contribution in [0.3, 0.4) is 0 Å². The number of thiazole rings is 1. The Kier molecular flexibility index (Phi) is 6.28. The second kappa shape index (κ2) is 8.87. The minimum atomic E-state index is -4.76. The van der Waals surface area contributed by atoms with E-state index in [1.54, 1.807) is 60.7 Å². The van der Waals surface area contributed by atoms with Gasteiger partial charge >= 0.3 is 6.18 Å². The van der Waals surface area contributed by atoms with E-state index in [1.165, 1.54) is 0 Å². The molecule has 9 heteroatoms. The van der Waals surface area contributed by atoms with Crippen LogP contribution in [0.5, 0.6) is 0 Å². The van der Waals surface area contributed by atoms with Crippen LogP contribution in [0.4, 0.5) is 18.9 Å². The standard InChI is InChI=1S/C20H16F3N3O2S/c21-20(22,23)17-16(29-19(26-17)13-7-3-1-4-8-13)18(28)24-12-11-15(27)25-14-9-5-2-6-10-14/h1-10H,11-12H2,(H,24,28)(H,25,27). The number of carbonyl (C=O) groups excluding carboxylic acids is 2. The van der Waals surface area contributed by atoms with Crippen LogP contribution >= 0.6 is 11.3 Å². The highest BCUT2D eigenvalue weighted by molar-refractivity contribution is 7.17. The predicted molar refractivity (Wildman–Crippen MR) is 105 cm³/mol. The summed E-state index contributed by atoms with van der Waals surface area (Å²) in [5, 5.41) is 5.10. The Hall–Kier alpha value is -3.20. The van der Waals surface area contributed by atoms with Crippen molar-refractivity contribution in [1.29, 1.82) is 0 Å². The van der Waals surface area contributed by atoms with Crippen molar-refractivity contribution in [1.82, 2.24) is 10.3 Å². The number of alkyl halides is 3. The van der Waals surface area contributed by atoms with Crippen LogP contribution < -0.4 is 10.6 Å². The second-order valence-electron chi connectivity index (χ2n) is 5.98. The summed E-state index contributed by atoms with van der Waals surface area (Å²) < 4.78 is 40.0. The smallest absolute Gasteiger partial charge is 0.351 e. The number of rotatable bonds is 6. The molecule has 2 aromatic carbocycles. The zero-order chi connectivity index (χ0) is 20.9. The number of hydrogen-bond donors (Lipinski definition) is 2. The first-order valence-electron chi connectivity index (χ1n) is 8.61. The largest absolute Gasteiger partial charge is 0.435 e. The molecule has 29 heavy (non-hydrogen) atoms. The van der Waals surface area contributed by atoms with Gasteiger partial charge in [-0.1, -0.05) is 48.5 Å². The lowest BCUT2D eigenvalue weighted by Crippen LogP contribution is -2.28. The van der Waals surface area contributed by atoms with Crippen molar-refractivity contribution >= 4 is 28.8 Å². The number of nitrogens with one attached hydrogen (secondary N) is 2. The zero-order valence-corrected chi connectivity index (χ0v) is 15.8. The summed E-state index contributed by atoms with van der Waals surface area (Å²) in [5.74, 6) is -1.27. The van der Waals surface area contributed by atoms with E-state index in [-0.39, 0.29) is 23.9 Å². The third-order valence-corrected chi connectivity index (χ3v) is 4.92. The summed E-state index contributed by atoms with van der Waals surface area (Å²) in [6.45, 7) is -0.104. The van der Waals surface area contributed by atoms with Gasteiger partial charge in [-0.05, 0) is 12.1 Å². The Morgan fingerprint density at radius 2 is 1.59 bits per heavy atom. The maximum absolute atomic E-state index is 13.3. The normalized spacial score (nSPS) is 11.1. The summed E-state index contributed by atoms with van der Waals surface area (Å²) >= 11 is 0.665. The highest BCUT2D eigenvalue weighted by Gasteiger charge is 2.39. The molecule has 0 aliphatic heterocycles. The van der Waals surface area contributed by atoms with Gasteiger partial charge in [-0.15, -0.1) is 11.3 Å². The van der Waals surface area contributed by atoms with Crippen LogP contribution in [0.2, 0.25) is 0 Å². The quantitative estimate of drug-likeness (QED) is 0.614. The van der Waals surface area contributed by atoms with Crippen LogP contribution in [0.15, 0.2) is 60.7 Å². The SMILES string of the molecule is O=C(CCNC(=O)c1sc(-c2ccccc2)nc1C(F)(F)F)Nc1ccccc1. The van der Waals surface area contributed by atoms with Gasteiger partial charge in [-0.2, -0.15) is 13.2 Å². The number of benzene rings is 2. The minimum Gasteiger partial charge on any atom is -0.351 e. The molecule has 0 spiro atoms. The van der Waals surface area contributed by atoms with E-state index < -0.39 is 22.7 Å². The molecule has 1 heterocycles. The van der Waals surface area contributed by atoms with E-state index in [0.29, 0.717) is 22.6 Å². The fourth-order valence-corrected chi connectivity index (χ4v) is 3.49. The molecule has 150 valence electrons. The molecule has 0 bridgehead atoms. The van der Waals surface area contributed by atoms with Crippen molar-refractivity contribution in [2.75, 3.05) is 11.9 Å². The number of carbonyl (C=O) groups is 2. The molecule has 5 nitrogen and oxygen atoms in total. The first kappa shape index (κ1) is 20.5. The summed E-state index contributed by atoms with van der Waals surface area (Å²) in [6, 6.07) is 17.0. The van der Waals surface area contributed by atoms with Crippen molar-refractivity contribution in [2.45, 2.75) is 12.6 Å². The lowest BCUT2D eigenvalue weighted by atomic mass is 10.2. The predicted octanol–water partition coefficient (Wildman–Crippen LogP) is 4.59. The monoisotopic (exact) mass is 419 g/mol. The fourth-order valence-electron chi connectivity index (χ4n) is 2.49. The van der Waals surface area contributed by atoms with Crippen molar-refractivity contribution in [3.63, 3.8) is 0 Å². The lowest BCUT2D eigenvalue weighted by molar-refractivity contribution is -0.141. The summed E-state index contributed by atoms with van der Waals surface area (Å²) in [5.41, 5.74) is -0.143. The third-order valence-electron chi connectivity index (χ3n) is 3.82. The maximum atomic E-state index is 13.3. The molecule has 2 amide bonds. The van der Waals surface area contributed by atoms with Crippen LogP contribution in [-0.4, -0.2) is 23.3 Å². The highest BCUT2D eigenvalue weighted by Crippen LogP contribution is 2.37. The van der Waals surface area contributed by atoms with E-state index in [2.05, 4.69) is 15.6 Å². The molecular weight excluding hydrogens is 403 g/mol. The Bertz CT molecular complexity index is 989. The number of halogens is 3. The van der Waals surface area contributed by atoms with Gasteiger partial charge in [0.2, 0.25) is 5.91 Å². The molecule has 0 aliphatic rings. The van der Waals surface area contributed by atoms with Crippen LogP contribution in [0.1, 0.15) is 21.8 Å². The van der Waals surface area contributed by atoms with Gasteiger partial charge < -0.3 is 10.6 Å². The van der Waals surface area contributed by atoms with Gasteiger partial charge in [-0.3, -0.25) is 9.59 Å². The molecule has 0 atom stereocenters. The molecule has 0 saturated heterocycles. The minimum absolute atomic E-state index is 0.0771. The summed E-state index contributed by atoms with van der Waals surface area (Å²) in [7, 11) is 0. The molecule has 3 rings (SSSR count). The van der Waals surface area contributed by atoms with Crippen molar-refractivity contribution in [2.24, 2.45) is 0 Å². The van der Waals surface area contributed by atoms with Crippen molar-refractivity contribution in [3.05, 3.63) is 71.2 Å². The molecule has 0 saturated carbocycles. The number of amides is 2. The number of anilines is 1. The van der Waals surface area contributed by atoms with Gasteiger partial charge in [0, 0.05) is 24.2 Å². The molecule has 0 unspecified atom stereocenters. The first-order chi connectivity index (χ1) is 13.8.